The molecule has 1 aliphatic heterocycles. The molecule has 2 heterocycles. The summed E-state index contributed by atoms with van der Waals surface area (Å²) in [5, 5.41) is 7.42. The largest absolute Gasteiger partial charge is 0.491 e. The molecular formula is C25H29N3O4S. The van der Waals surface area contributed by atoms with Crippen LogP contribution < -0.4 is 10.1 Å². The zero-order valence-electron chi connectivity index (χ0n) is 19.3. The van der Waals surface area contributed by atoms with Crippen LogP contribution in [-0.4, -0.2) is 41.7 Å². The molecule has 1 saturated heterocycles. The molecule has 1 fully saturated rings. The highest BCUT2D eigenvalue weighted by molar-refractivity contribution is 7.91. The number of amides is 1. The quantitative estimate of drug-likeness (QED) is 0.574. The first-order valence-electron chi connectivity index (χ1n) is 11.1. The summed E-state index contributed by atoms with van der Waals surface area (Å²) in [6.45, 7) is 7.97. The molecule has 0 unspecified atom stereocenters. The van der Waals surface area contributed by atoms with Gasteiger partial charge in [0.1, 0.15) is 5.75 Å². The van der Waals surface area contributed by atoms with Crippen LogP contribution in [0.2, 0.25) is 0 Å². The summed E-state index contributed by atoms with van der Waals surface area (Å²) >= 11 is 0. The molecule has 174 valence electrons. The van der Waals surface area contributed by atoms with Gasteiger partial charge in [0.25, 0.3) is 5.91 Å². The van der Waals surface area contributed by atoms with E-state index >= 15 is 0 Å². The fraction of sp³-hybridized carbons (Fsp3) is 0.360. The van der Waals surface area contributed by atoms with E-state index in [9.17, 15) is 13.2 Å². The Morgan fingerprint density at radius 1 is 1.09 bits per heavy atom. The molecule has 0 saturated carbocycles. The highest BCUT2D eigenvalue weighted by atomic mass is 32.2. The Labute approximate surface area is 194 Å². The lowest BCUT2D eigenvalue weighted by atomic mass is 10.0. The third-order valence-electron chi connectivity index (χ3n) is 5.81. The number of rotatable bonds is 6. The van der Waals surface area contributed by atoms with Crippen molar-refractivity contribution < 1.29 is 17.9 Å². The molecule has 1 atom stereocenters. The molecular weight excluding hydrogens is 438 g/mol. The number of benzene rings is 2. The van der Waals surface area contributed by atoms with Gasteiger partial charge < -0.3 is 10.1 Å². The zero-order valence-corrected chi connectivity index (χ0v) is 20.1. The fourth-order valence-corrected chi connectivity index (χ4v) is 5.64. The maximum atomic E-state index is 13.0. The third-order valence-corrected chi connectivity index (χ3v) is 7.56. The Morgan fingerprint density at radius 2 is 1.82 bits per heavy atom. The molecule has 3 aromatic rings. The van der Waals surface area contributed by atoms with Gasteiger partial charge >= 0.3 is 0 Å². The first kappa shape index (κ1) is 23.0. The average Bonchev–Trinajstić information content (AvgIpc) is 3.34. The Hall–Kier alpha value is -3.13. The van der Waals surface area contributed by atoms with E-state index in [1.54, 1.807) is 35.0 Å². The van der Waals surface area contributed by atoms with Gasteiger partial charge in [-0.3, -0.25) is 9.48 Å². The predicted octanol–water partition coefficient (Wildman–Crippen LogP) is 4.57. The van der Waals surface area contributed by atoms with Crippen LogP contribution in [0.1, 0.15) is 47.9 Å². The molecule has 33 heavy (non-hydrogen) atoms. The molecule has 1 aromatic heterocycles. The van der Waals surface area contributed by atoms with Gasteiger partial charge in [0.2, 0.25) is 0 Å². The van der Waals surface area contributed by atoms with Crippen LogP contribution in [0.3, 0.4) is 0 Å². The topological polar surface area (TPSA) is 90.3 Å². The summed E-state index contributed by atoms with van der Waals surface area (Å²) in [5.74, 6) is 0.546. The van der Waals surface area contributed by atoms with Gasteiger partial charge in [-0.2, -0.15) is 5.10 Å². The van der Waals surface area contributed by atoms with Gasteiger partial charge in [-0.15, -0.1) is 0 Å². The summed E-state index contributed by atoms with van der Waals surface area (Å²) < 4.78 is 31.6. The van der Waals surface area contributed by atoms with Crippen LogP contribution in [0.4, 0.5) is 5.69 Å². The lowest BCUT2D eigenvalue weighted by Gasteiger charge is -2.14. The van der Waals surface area contributed by atoms with Crippen molar-refractivity contribution >= 4 is 21.4 Å². The molecule has 1 N–H and O–H groups in total. The number of carbonyl (C=O) groups is 1. The Bertz CT molecular complexity index is 1280. The van der Waals surface area contributed by atoms with Crippen molar-refractivity contribution in [1.82, 2.24) is 9.78 Å². The second kappa shape index (κ2) is 9.02. The normalized spacial score (nSPS) is 17.3. The third kappa shape index (κ3) is 5.27. The van der Waals surface area contributed by atoms with Crippen molar-refractivity contribution in [2.45, 2.75) is 46.3 Å². The monoisotopic (exact) mass is 467 g/mol. The highest BCUT2D eigenvalue weighted by Crippen LogP contribution is 2.31. The lowest BCUT2D eigenvalue weighted by molar-refractivity contribution is 0.102. The summed E-state index contributed by atoms with van der Waals surface area (Å²) in [4.78, 5) is 13.0. The molecule has 1 amide bonds. The van der Waals surface area contributed by atoms with Crippen LogP contribution in [0.25, 0.3) is 11.3 Å². The van der Waals surface area contributed by atoms with Crippen molar-refractivity contribution in [2.75, 3.05) is 16.8 Å². The van der Waals surface area contributed by atoms with Gasteiger partial charge in [-0.05, 0) is 81.6 Å². The minimum absolute atomic E-state index is 0.0326. The molecule has 7 nitrogen and oxygen atoms in total. The molecule has 0 bridgehead atoms. The van der Waals surface area contributed by atoms with Crippen LogP contribution in [0, 0.1) is 13.8 Å². The second-order valence-electron chi connectivity index (χ2n) is 8.86. The SMILES string of the molecule is Cc1ccc(-c2cc(C(=O)Nc3ccc(OC(C)C)cc3)nn2[C@H]2CCS(=O)(=O)C2)cc1C. The summed E-state index contributed by atoms with van der Waals surface area (Å²) in [7, 11) is -3.10. The zero-order chi connectivity index (χ0) is 23.8. The van der Waals surface area contributed by atoms with E-state index in [4.69, 9.17) is 4.74 Å². The van der Waals surface area contributed by atoms with Crippen molar-refractivity contribution in [1.29, 1.82) is 0 Å². The maximum Gasteiger partial charge on any atom is 0.276 e. The Morgan fingerprint density at radius 3 is 2.42 bits per heavy atom. The predicted molar refractivity (Wildman–Crippen MR) is 130 cm³/mol. The van der Waals surface area contributed by atoms with Gasteiger partial charge in [-0.25, -0.2) is 8.42 Å². The van der Waals surface area contributed by atoms with E-state index in [1.165, 1.54) is 0 Å². The molecule has 2 aromatic carbocycles. The molecule has 1 aliphatic rings. The highest BCUT2D eigenvalue weighted by Gasteiger charge is 2.32. The van der Waals surface area contributed by atoms with E-state index < -0.39 is 9.84 Å². The number of hydrogen-bond acceptors (Lipinski definition) is 5. The average molecular weight is 468 g/mol. The summed E-state index contributed by atoms with van der Waals surface area (Å²) in [6, 6.07) is 14.7. The molecule has 0 spiro atoms. The first-order valence-corrected chi connectivity index (χ1v) is 12.9. The van der Waals surface area contributed by atoms with Gasteiger partial charge in [0, 0.05) is 11.3 Å². The lowest BCUT2D eigenvalue weighted by Crippen LogP contribution is -2.16. The molecule has 0 radical (unpaired) electrons. The number of ether oxygens (including phenoxy) is 1. The Kier molecular flexibility index (Phi) is 6.30. The van der Waals surface area contributed by atoms with Crippen LogP contribution in [0.5, 0.6) is 5.75 Å². The van der Waals surface area contributed by atoms with Crippen LogP contribution >= 0.6 is 0 Å². The fourth-order valence-electron chi connectivity index (χ4n) is 3.95. The minimum Gasteiger partial charge on any atom is -0.491 e. The van der Waals surface area contributed by atoms with E-state index in [0.29, 0.717) is 12.1 Å². The number of aromatic nitrogens is 2. The van der Waals surface area contributed by atoms with Crippen LogP contribution in [-0.2, 0) is 9.84 Å². The number of aryl methyl sites for hydroxylation is 2. The van der Waals surface area contributed by atoms with Crippen LogP contribution in [0.15, 0.2) is 48.5 Å². The molecule has 0 aliphatic carbocycles. The van der Waals surface area contributed by atoms with E-state index in [-0.39, 0.29) is 35.3 Å². The van der Waals surface area contributed by atoms with Crippen molar-refractivity contribution in [3.05, 3.63) is 65.4 Å². The molecule has 8 heteroatoms. The van der Waals surface area contributed by atoms with E-state index in [1.807, 2.05) is 45.9 Å². The van der Waals surface area contributed by atoms with Gasteiger partial charge in [0.05, 0.1) is 29.3 Å². The first-order chi connectivity index (χ1) is 15.6. The van der Waals surface area contributed by atoms with E-state index in [0.717, 1.165) is 28.1 Å². The number of nitrogens with one attached hydrogen (secondary N) is 1. The van der Waals surface area contributed by atoms with E-state index in [2.05, 4.69) is 10.4 Å². The Balaban J connectivity index is 1.64. The number of hydrogen-bond donors (Lipinski definition) is 1. The van der Waals surface area contributed by atoms with Crippen molar-refractivity contribution in [2.24, 2.45) is 0 Å². The smallest absolute Gasteiger partial charge is 0.276 e. The maximum absolute atomic E-state index is 13.0. The number of anilines is 1. The number of nitrogens with zero attached hydrogens (tertiary/aromatic N) is 2. The second-order valence-corrected chi connectivity index (χ2v) is 11.1. The van der Waals surface area contributed by atoms with Crippen molar-refractivity contribution in [3.8, 4) is 17.0 Å². The summed E-state index contributed by atoms with van der Waals surface area (Å²) in [5.41, 5.74) is 4.80. The molecule has 4 rings (SSSR count). The van der Waals surface area contributed by atoms with Gasteiger partial charge in [0.15, 0.2) is 15.5 Å². The summed E-state index contributed by atoms with van der Waals surface area (Å²) in [6.07, 6.45) is 0.554. The number of carbonyl (C=O) groups excluding carboxylic acids is 1. The number of sulfone groups is 1. The standard InChI is InChI=1S/C25H29N3O4S/c1-16(2)32-22-9-7-20(8-10-22)26-25(29)23-14-24(19-6-5-17(3)18(4)13-19)28(27-23)21-11-12-33(30,31)15-21/h5-10,13-14,16,21H,11-12,15H2,1-4H3,(H,26,29)/t21-/m0/s1. The minimum atomic E-state index is -3.10. The van der Waals surface area contributed by atoms with Gasteiger partial charge in [-0.1, -0.05) is 12.1 Å². The van der Waals surface area contributed by atoms with Crippen molar-refractivity contribution in [3.63, 3.8) is 0 Å².